The number of fused-ring (bicyclic) bond motifs is 1. The quantitative estimate of drug-likeness (QED) is 0.143. The molecule has 43 heavy (non-hydrogen) atoms. The molecule has 1 unspecified atom stereocenters. The highest BCUT2D eigenvalue weighted by atomic mass is 16.6. The van der Waals surface area contributed by atoms with Crippen LogP contribution in [0.5, 0.6) is 5.75 Å². The standard InChI is InChI=1S/C39H34N2O2/c1-27-7-19-34(20-8-27)41(35-21-9-28(2)10-22-35)36-23-15-30(16-24-36)12-11-29-13-17-31(18-14-29)39(43-40)37-25-32-5-3-4-6-33(32)26-38(37)42/h3-26,39,42H,40H2,1-2H3/b12-11+. The summed E-state index contributed by atoms with van der Waals surface area (Å²) in [5.41, 5.74) is 9.45. The van der Waals surface area contributed by atoms with Gasteiger partial charge >= 0.3 is 0 Å². The van der Waals surface area contributed by atoms with Crippen LogP contribution in [-0.4, -0.2) is 5.11 Å². The Morgan fingerprint density at radius 1 is 0.605 bits per heavy atom. The average molecular weight is 563 g/mol. The van der Waals surface area contributed by atoms with E-state index in [1.54, 1.807) is 6.07 Å². The molecule has 0 radical (unpaired) electrons. The topological polar surface area (TPSA) is 58.7 Å². The molecule has 0 aromatic heterocycles. The molecule has 0 saturated heterocycles. The molecule has 4 nitrogen and oxygen atoms in total. The van der Waals surface area contributed by atoms with Crippen LogP contribution in [0.25, 0.3) is 22.9 Å². The van der Waals surface area contributed by atoms with Crippen molar-refractivity contribution in [1.29, 1.82) is 0 Å². The Bertz CT molecular complexity index is 1810. The summed E-state index contributed by atoms with van der Waals surface area (Å²) in [6.07, 6.45) is 3.61. The van der Waals surface area contributed by atoms with Crippen LogP contribution in [0.15, 0.2) is 133 Å². The highest BCUT2D eigenvalue weighted by molar-refractivity contribution is 5.85. The van der Waals surface area contributed by atoms with E-state index in [1.807, 2.05) is 54.6 Å². The monoisotopic (exact) mass is 562 g/mol. The fourth-order valence-corrected chi connectivity index (χ4v) is 5.33. The molecule has 6 aromatic rings. The van der Waals surface area contributed by atoms with Crippen molar-refractivity contribution < 1.29 is 9.94 Å². The van der Waals surface area contributed by atoms with Crippen molar-refractivity contribution in [2.24, 2.45) is 5.90 Å². The van der Waals surface area contributed by atoms with Crippen LogP contribution >= 0.6 is 0 Å². The van der Waals surface area contributed by atoms with E-state index in [-0.39, 0.29) is 5.75 Å². The van der Waals surface area contributed by atoms with E-state index in [9.17, 15) is 5.11 Å². The zero-order valence-electron chi connectivity index (χ0n) is 24.3. The Balaban J connectivity index is 1.21. The summed E-state index contributed by atoms with van der Waals surface area (Å²) in [6.45, 7) is 4.21. The van der Waals surface area contributed by atoms with Crippen molar-refractivity contribution in [1.82, 2.24) is 0 Å². The van der Waals surface area contributed by atoms with Crippen LogP contribution in [0, 0.1) is 13.8 Å². The maximum absolute atomic E-state index is 10.7. The van der Waals surface area contributed by atoms with Gasteiger partial charge in [0.1, 0.15) is 11.9 Å². The summed E-state index contributed by atoms with van der Waals surface area (Å²) < 4.78 is 0. The molecule has 0 aliphatic rings. The molecule has 0 spiro atoms. The summed E-state index contributed by atoms with van der Waals surface area (Å²) in [6, 6.07) is 45.4. The Hall–Kier alpha value is -5.16. The van der Waals surface area contributed by atoms with Gasteiger partial charge in [-0.05, 0) is 89.8 Å². The first-order chi connectivity index (χ1) is 21.0. The van der Waals surface area contributed by atoms with E-state index in [2.05, 4.69) is 104 Å². The van der Waals surface area contributed by atoms with E-state index in [0.29, 0.717) is 5.56 Å². The van der Waals surface area contributed by atoms with Gasteiger partial charge in [-0.3, -0.25) is 4.84 Å². The van der Waals surface area contributed by atoms with Crippen molar-refractivity contribution in [3.05, 3.63) is 167 Å². The summed E-state index contributed by atoms with van der Waals surface area (Å²) in [5, 5.41) is 12.7. The van der Waals surface area contributed by atoms with Gasteiger partial charge in [0.2, 0.25) is 0 Å². The molecule has 212 valence electrons. The number of nitrogens with zero attached hydrogens (tertiary/aromatic N) is 1. The third-order valence-electron chi connectivity index (χ3n) is 7.76. The van der Waals surface area contributed by atoms with E-state index in [4.69, 9.17) is 10.7 Å². The lowest BCUT2D eigenvalue weighted by Gasteiger charge is -2.25. The predicted octanol–water partition coefficient (Wildman–Crippen LogP) is 9.78. The summed E-state index contributed by atoms with van der Waals surface area (Å²) in [7, 11) is 0. The number of aryl methyl sites for hydroxylation is 2. The van der Waals surface area contributed by atoms with E-state index < -0.39 is 6.10 Å². The lowest BCUT2D eigenvalue weighted by Crippen LogP contribution is -2.11. The van der Waals surface area contributed by atoms with Gasteiger partial charge in [-0.2, -0.15) is 0 Å². The summed E-state index contributed by atoms with van der Waals surface area (Å²) in [4.78, 5) is 7.62. The normalized spacial score (nSPS) is 12.1. The molecule has 4 heteroatoms. The molecule has 0 saturated carbocycles. The molecule has 3 N–H and O–H groups in total. The van der Waals surface area contributed by atoms with E-state index in [1.165, 1.54) is 11.1 Å². The molecule has 0 fully saturated rings. The minimum atomic E-state index is -0.583. The van der Waals surface area contributed by atoms with Crippen LogP contribution in [0.2, 0.25) is 0 Å². The van der Waals surface area contributed by atoms with Crippen molar-refractivity contribution in [2.75, 3.05) is 4.90 Å². The summed E-state index contributed by atoms with van der Waals surface area (Å²) in [5.74, 6) is 5.87. The Labute approximate surface area is 252 Å². The fourth-order valence-electron chi connectivity index (χ4n) is 5.33. The highest BCUT2D eigenvalue weighted by Gasteiger charge is 2.19. The van der Waals surface area contributed by atoms with Gasteiger partial charge in [-0.25, -0.2) is 5.90 Å². The average Bonchev–Trinajstić information content (AvgIpc) is 3.04. The lowest BCUT2D eigenvalue weighted by atomic mass is 9.96. The Morgan fingerprint density at radius 2 is 1.05 bits per heavy atom. The third-order valence-corrected chi connectivity index (χ3v) is 7.76. The lowest BCUT2D eigenvalue weighted by molar-refractivity contribution is 0.0797. The SMILES string of the molecule is Cc1ccc(N(c2ccc(C)cc2)c2ccc(/C=C/c3ccc(C(ON)c4cc5ccccc5cc4O)cc3)cc2)cc1. The Kier molecular flexibility index (Phi) is 8.05. The van der Waals surface area contributed by atoms with E-state index in [0.717, 1.165) is 44.5 Å². The van der Waals surface area contributed by atoms with E-state index >= 15 is 0 Å². The van der Waals surface area contributed by atoms with Crippen molar-refractivity contribution >= 4 is 40.0 Å². The first-order valence-electron chi connectivity index (χ1n) is 14.4. The van der Waals surface area contributed by atoms with Gasteiger partial charge in [0.25, 0.3) is 0 Å². The maximum atomic E-state index is 10.7. The van der Waals surface area contributed by atoms with Gasteiger partial charge in [-0.1, -0.05) is 108 Å². The first kappa shape index (κ1) is 28.0. The van der Waals surface area contributed by atoms with Gasteiger partial charge in [-0.15, -0.1) is 0 Å². The number of anilines is 3. The third kappa shape index (κ3) is 6.21. The largest absolute Gasteiger partial charge is 0.508 e. The maximum Gasteiger partial charge on any atom is 0.132 e. The molecular weight excluding hydrogens is 528 g/mol. The summed E-state index contributed by atoms with van der Waals surface area (Å²) >= 11 is 0. The Morgan fingerprint density at radius 3 is 1.53 bits per heavy atom. The zero-order valence-corrected chi connectivity index (χ0v) is 24.3. The fraction of sp³-hybridized carbons (Fsp3) is 0.0769. The van der Waals surface area contributed by atoms with Gasteiger partial charge in [0, 0.05) is 22.6 Å². The van der Waals surface area contributed by atoms with Crippen LogP contribution in [0.1, 0.15) is 39.5 Å². The molecule has 0 bridgehead atoms. The molecule has 0 aliphatic heterocycles. The zero-order chi connectivity index (χ0) is 29.8. The molecule has 1 atom stereocenters. The smallest absolute Gasteiger partial charge is 0.132 e. The minimum Gasteiger partial charge on any atom is -0.508 e. The number of rotatable bonds is 8. The van der Waals surface area contributed by atoms with Crippen LogP contribution in [-0.2, 0) is 4.84 Å². The number of benzene rings is 6. The second-order valence-electron chi connectivity index (χ2n) is 10.9. The van der Waals surface area contributed by atoms with Crippen molar-refractivity contribution in [2.45, 2.75) is 20.0 Å². The van der Waals surface area contributed by atoms with Crippen LogP contribution in [0.3, 0.4) is 0 Å². The predicted molar refractivity (Wildman–Crippen MR) is 179 cm³/mol. The first-order valence-corrected chi connectivity index (χ1v) is 14.4. The molecule has 0 heterocycles. The number of aromatic hydroxyl groups is 1. The molecule has 0 amide bonds. The van der Waals surface area contributed by atoms with Gasteiger partial charge in [0.15, 0.2) is 0 Å². The number of phenols is 1. The second-order valence-corrected chi connectivity index (χ2v) is 10.9. The number of hydrogen-bond donors (Lipinski definition) is 2. The second kappa shape index (κ2) is 12.4. The molecule has 0 aliphatic carbocycles. The highest BCUT2D eigenvalue weighted by Crippen LogP contribution is 2.36. The number of hydrogen-bond acceptors (Lipinski definition) is 4. The number of nitrogens with two attached hydrogens (primary N) is 1. The minimum absolute atomic E-state index is 0.157. The van der Waals surface area contributed by atoms with Gasteiger partial charge < -0.3 is 10.0 Å². The number of phenolic OH excluding ortho intramolecular Hbond substituents is 1. The van der Waals surface area contributed by atoms with Gasteiger partial charge in [0.05, 0.1) is 0 Å². The molecule has 6 rings (SSSR count). The van der Waals surface area contributed by atoms with Crippen molar-refractivity contribution in [3.63, 3.8) is 0 Å². The van der Waals surface area contributed by atoms with Crippen LogP contribution < -0.4 is 10.8 Å². The van der Waals surface area contributed by atoms with Crippen LogP contribution in [0.4, 0.5) is 17.1 Å². The molecular formula is C39H34N2O2. The van der Waals surface area contributed by atoms with Crippen molar-refractivity contribution in [3.8, 4) is 5.75 Å². The molecule has 6 aromatic carbocycles.